The highest BCUT2D eigenvalue weighted by Gasteiger charge is 2.19. The fraction of sp³-hybridized carbons (Fsp3) is 0. The van der Waals surface area contributed by atoms with E-state index in [1.165, 1.54) is 69.3 Å². The molecule has 0 aliphatic carbocycles. The van der Waals surface area contributed by atoms with E-state index in [4.69, 9.17) is 4.98 Å². The van der Waals surface area contributed by atoms with Crippen molar-refractivity contribution in [2.24, 2.45) is 0 Å². The van der Waals surface area contributed by atoms with E-state index in [1.54, 1.807) is 0 Å². The number of hydrogen-bond acceptors (Lipinski definition) is 2. The molecule has 0 saturated carbocycles. The molecule has 3 heterocycles. The van der Waals surface area contributed by atoms with Crippen LogP contribution in [0.1, 0.15) is 0 Å². The van der Waals surface area contributed by atoms with Crippen molar-refractivity contribution in [3.8, 4) is 16.8 Å². The molecule has 0 radical (unpaired) electrons. The van der Waals surface area contributed by atoms with Crippen molar-refractivity contribution in [3.63, 3.8) is 0 Å². The van der Waals surface area contributed by atoms with E-state index in [-0.39, 0.29) is 0 Å². The molecule has 9 rings (SSSR count). The SMILES string of the molecule is c1ccc(-c2cccc(-n3c4ccccc4c4cnc5c(ccc6c7ccc8ccccc8c7sc65)c43)c2)cc1. The molecule has 6 aromatic carbocycles. The number of fused-ring (bicyclic) bond motifs is 11. The van der Waals surface area contributed by atoms with Crippen LogP contribution >= 0.6 is 11.3 Å². The van der Waals surface area contributed by atoms with E-state index in [0.29, 0.717) is 0 Å². The summed E-state index contributed by atoms with van der Waals surface area (Å²) in [7, 11) is 0. The third-order valence-corrected chi connectivity index (χ3v) is 9.47. The summed E-state index contributed by atoms with van der Waals surface area (Å²) in [5.74, 6) is 0. The zero-order valence-corrected chi connectivity index (χ0v) is 22.3. The second-order valence-corrected chi connectivity index (χ2v) is 11.4. The molecule has 9 aromatic rings. The van der Waals surface area contributed by atoms with Crippen LogP contribution in [0.25, 0.3) is 80.5 Å². The first-order chi connectivity index (χ1) is 19.8. The second kappa shape index (κ2) is 8.25. The summed E-state index contributed by atoms with van der Waals surface area (Å²) in [5.41, 5.74) is 7.05. The predicted octanol–water partition coefficient (Wildman–Crippen LogP) is 10.5. The molecule has 186 valence electrons. The summed E-state index contributed by atoms with van der Waals surface area (Å²) < 4.78 is 5.01. The third-order valence-electron chi connectivity index (χ3n) is 8.21. The molecule has 0 saturated heterocycles. The Morgan fingerprint density at radius 1 is 0.500 bits per heavy atom. The smallest absolute Gasteiger partial charge is 0.0902 e. The highest BCUT2D eigenvalue weighted by molar-refractivity contribution is 7.27. The van der Waals surface area contributed by atoms with Crippen molar-refractivity contribution in [1.29, 1.82) is 0 Å². The Morgan fingerprint density at radius 2 is 1.23 bits per heavy atom. The summed E-state index contributed by atoms with van der Waals surface area (Å²) >= 11 is 1.87. The van der Waals surface area contributed by atoms with Crippen LogP contribution in [0.2, 0.25) is 0 Å². The summed E-state index contributed by atoms with van der Waals surface area (Å²) in [6.45, 7) is 0. The summed E-state index contributed by atoms with van der Waals surface area (Å²) in [4.78, 5) is 5.13. The number of benzene rings is 6. The van der Waals surface area contributed by atoms with E-state index in [2.05, 4.69) is 138 Å². The van der Waals surface area contributed by atoms with Gasteiger partial charge in [0.1, 0.15) is 0 Å². The Hall–Kier alpha value is -4.99. The fourth-order valence-corrected chi connectivity index (χ4v) is 7.72. The molecule has 0 bridgehead atoms. The first-order valence-corrected chi connectivity index (χ1v) is 14.4. The molecule has 3 aromatic heterocycles. The first kappa shape index (κ1) is 21.9. The summed E-state index contributed by atoms with van der Waals surface area (Å²) in [6.07, 6.45) is 2.08. The van der Waals surface area contributed by atoms with Gasteiger partial charge in [0.25, 0.3) is 0 Å². The van der Waals surface area contributed by atoms with Gasteiger partial charge in [-0.25, -0.2) is 0 Å². The molecule has 2 nitrogen and oxygen atoms in total. The molecule has 0 spiro atoms. The average Bonchev–Trinajstić information content (AvgIpc) is 3.58. The number of nitrogens with zero attached hydrogens (tertiary/aromatic N) is 2. The van der Waals surface area contributed by atoms with E-state index in [0.717, 1.165) is 11.2 Å². The zero-order valence-electron chi connectivity index (χ0n) is 21.5. The Kier molecular flexibility index (Phi) is 4.52. The minimum Gasteiger partial charge on any atom is -0.308 e. The molecule has 0 aliphatic rings. The summed E-state index contributed by atoms with van der Waals surface area (Å²) in [5, 5.41) is 8.75. The highest BCUT2D eigenvalue weighted by Crippen LogP contribution is 2.44. The van der Waals surface area contributed by atoms with E-state index >= 15 is 0 Å². The molecule has 0 atom stereocenters. The second-order valence-electron chi connectivity index (χ2n) is 10.4. The Balaban J connectivity index is 1.40. The van der Waals surface area contributed by atoms with E-state index in [1.807, 2.05) is 11.3 Å². The predicted molar refractivity (Wildman–Crippen MR) is 172 cm³/mol. The molecular weight excluding hydrogens is 504 g/mol. The van der Waals surface area contributed by atoms with Gasteiger partial charge in [-0.3, -0.25) is 4.98 Å². The minimum absolute atomic E-state index is 1.07. The Morgan fingerprint density at radius 3 is 2.15 bits per heavy atom. The lowest BCUT2D eigenvalue weighted by atomic mass is 10.0. The number of rotatable bonds is 2. The minimum atomic E-state index is 1.07. The van der Waals surface area contributed by atoms with Crippen molar-refractivity contribution in [2.75, 3.05) is 0 Å². The number of aromatic nitrogens is 2. The van der Waals surface area contributed by atoms with Gasteiger partial charge in [-0.2, -0.15) is 0 Å². The number of pyridine rings is 1. The van der Waals surface area contributed by atoms with Crippen molar-refractivity contribution in [2.45, 2.75) is 0 Å². The Bertz CT molecular complexity index is 2430. The Labute approximate surface area is 234 Å². The van der Waals surface area contributed by atoms with Crippen molar-refractivity contribution >= 4 is 75.0 Å². The number of thiophene rings is 1. The van der Waals surface area contributed by atoms with Gasteiger partial charge in [0, 0.05) is 43.5 Å². The van der Waals surface area contributed by atoms with Crippen LogP contribution < -0.4 is 0 Å². The lowest BCUT2D eigenvalue weighted by molar-refractivity contribution is 1.19. The largest absolute Gasteiger partial charge is 0.308 e. The van der Waals surface area contributed by atoms with Crippen LogP contribution in [-0.4, -0.2) is 9.55 Å². The molecule has 0 unspecified atom stereocenters. The molecule has 0 fully saturated rings. The maximum absolute atomic E-state index is 5.13. The molecular formula is C37H22N2S. The summed E-state index contributed by atoms with van der Waals surface area (Å²) in [6, 6.07) is 45.9. The van der Waals surface area contributed by atoms with Gasteiger partial charge in [-0.05, 0) is 46.2 Å². The first-order valence-electron chi connectivity index (χ1n) is 13.6. The lowest BCUT2D eigenvalue weighted by Crippen LogP contribution is -1.95. The van der Waals surface area contributed by atoms with Crippen LogP contribution in [-0.2, 0) is 0 Å². The van der Waals surface area contributed by atoms with E-state index in [9.17, 15) is 0 Å². The maximum Gasteiger partial charge on any atom is 0.0902 e. The maximum atomic E-state index is 5.13. The standard InChI is InChI=1S/C37H22N2S/c1-2-9-23(10-3-1)25-12-8-13-26(21-25)39-33-16-7-6-15-28(33)32-22-38-34-31(35(32)39)20-19-30-29-18-17-24-11-4-5-14-27(24)36(29)40-37(30)34/h1-22H. The molecule has 0 amide bonds. The average molecular weight is 527 g/mol. The van der Waals surface area contributed by atoms with Crippen LogP contribution in [0.5, 0.6) is 0 Å². The topological polar surface area (TPSA) is 17.8 Å². The molecule has 3 heteroatoms. The lowest BCUT2D eigenvalue weighted by Gasteiger charge is -2.12. The van der Waals surface area contributed by atoms with Gasteiger partial charge in [-0.15, -0.1) is 11.3 Å². The number of para-hydroxylation sites is 1. The number of hydrogen-bond donors (Lipinski definition) is 0. The van der Waals surface area contributed by atoms with Gasteiger partial charge < -0.3 is 4.57 Å². The quantitative estimate of drug-likeness (QED) is 0.219. The van der Waals surface area contributed by atoms with Crippen molar-refractivity contribution in [3.05, 3.63) is 134 Å². The van der Waals surface area contributed by atoms with Crippen molar-refractivity contribution < 1.29 is 0 Å². The third kappa shape index (κ3) is 3.01. The van der Waals surface area contributed by atoms with Crippen LogP contribution in [0.3, 0.4) is 0 Å². The van der Waals surface area contributed by atoms with Crippen LogP contribution in [0.15, 0.2) is 134 Å². The molecule has 0 aliphatic heterocycles. The zero-order chi connectivity index (χ0) is 26.2. The molecule has 0 N–H and O–H groups in total. The fourth-order valence-electron chi connectivity index (χ4n) is 6.39. The normalized spacial score (nSPS) is 12.0. The van der Waals surface area contributed by atoms with E-state index < -0.39 is 0 Å². The molecule has 40 heavy (non-hydrogen) atoms. The van der Waals surface area contributed by atoms with Gasteiger partial charge in [0.2, 0.25) is 0 Å². The monoisotopic (exact) mass is 526 g/mol. The van der Waals surface area contributed by atoms with Gasteiger partial charge >= 0.3 is 0 Å². The van der Waals surface area contributed by atoms with Crippen LogP contribution in [0.4, 0.5) is 0 Å². The van der Waals surface area contributed by atoms with Crippen LogP contribution in [0, 0.1) is 0 Å². The van der Waals surface area contributed by atoms with Gasteiger partial charge in [0.15, 0.2) is 0 Å². The van der Waals surface area contributed by atoms with Crippen molar-refractivity contribution in [1.82, 2.24) is 9.55 Å². The highest BCUT2D eigenvalue weighted by atomic mass is 32.1. The van der Waals surface area contributed by atoms with Gasteiger partial charge in [-0.1, -0.05) is 103 Å². The van der Waals surface area contributed by atoms with Gasteiger partial charge in [0.05, 0.1) is 21.3 Å².